The molecule has 0 aliphatic carbocycles. The maximum atomic E-state index is 12.6. The van der Waals surface area contributed by atoms with Crippen molar-refractivity contribution in [2.45, 2.75) is 0 Å². The molecule has 0 atom stereocenters. The minimum absolute atomic E-state index is 0.535. The molecule has 1 N–H and O–H groups in total. The predicted molar refractivity (Wildman–Crippen MR) is 49.3 cm³/mol. The molecular formula is C10H11F2N. The third kappa shape index (κ3) is 3.34. The van der Waals surface area contributed by atoms with Gasteiger partial charge in [-0.1, -0.05) is 12.2 Å². The van der Waals surface area contributed by atoms with Crippen molar-refractivity contribution in [2.24, 2.45) is 0 Å². The third-order valence-corrected chi connectivity index (χ3v) is 1.52. The van der Waals surface area contributed by atoms with Crippen LogP contribution in [0.5, 0.6) is 0 Å². The van der Waals surface area contributed by atoms with E-state index in [1.807, 2.05) is 0 Å². The van der Waals surface area contributed by atoms with Crippen molar-refractivity contribution in [3.63, 3.8) is 0 Å². The van der Waals surface area contributed by atoms with Crippen molar-refractivity contribution in [2.75, 3.05) is 13.6 Å². The fraction of sp³-hybridized carbons (Fsp3) is 0.200. The maximum absolute atomic E-state index is 12.6. The highest BCUT2D eigenvalue weighted by molar-refractivity contribution is 5.49. The lowest BCUT2D eigenvalue weighted by atomic mass is 10.2. The van der Waals surface area contributed by atoms with Crippen LogP contribution in [0, 0.1) is 11.6 Å². The van der Waals surface area contributed by atoms with Gasteiger partial charge in [0.15, 0.2) is 0 Å². The Kier molecular flexibility index (Phi) is 3.58. The quantitative estimate of drug-likeness (QED) is 0.757. The van der Waals surface area contributed by atoms with Gasteiger partial charge in [0.25, 0.3) is 0 Å². The summed E-state index contributed by atoms with van der Waals surface area (Å²) >= 11 is 0. The first-order chi connectivity index (χ1) is 6.22. The second-order valence-corrected chi connectivity index (χ2v) is 2.66. The lowest BCUT2D eigenvalue weighted by molar-refractivity contribution is 0.583. The minimum atomic E-state index is -0.552. The highest BCUT2D eigenvalue weighted by Crippen LogP contribution is 2.08. The van der Waals surface area contributed by atoms with Crippen LogP contribution >= 0.6 is 0 Å². The molecule has 0 unspecified atom stereocenters. The van der Waals surface area contributed by atoms with E-state index in [2.05, 4.69) is 5.32 Å². The Morgan fingerprint density at radius 2 is 1.85 bits per heavy atom. The number of rotatable bonds is 3. The van der Waals surface area contributed by atoms with Gasteiger partial charge in [-0.15, -0.1) is 0 Å². The van der Waals surface area contributed by atoms with Gasteiger partial charge >= 0.3 is 0 Å². The van der Waals surface area contributed by atoms with Crippen molar-refractivity contribution in [1.29, 1.82) is 0 Å². The summed E-state index contributed by atoms with van der Waals surface area (Å²) in [6.45, 7) is 0.679. The van der Waals surface area contributed by atoms with E-state index in [1.165, 1.54) is 12.1 Å². The second kappa shape index (κ2) is 4.72. The molecule has 1 rings (SSSR count). The lowest BCUT2D eigenvalue weighted by Gasteiger charge is -1.95. The van der Waals surface area contributed by atoms with Gasteiger partial charge in [0.2, 0.25) is 0 Å². The maximum Gasteiger partial charge on any atom is 0.126 e. The number of hydrogen-bond acceptors (Lipinski definition) is 1. The molecule has 0 heterocycles. The zero-order valence-electron chi connectivity index (χ0n) is 7.35. The zero-order valence-corrected chi connectivity index (χ0v) is 7.35. The molecule has 0 aliphatic heterocycles. The molecule has 13 heavy (non-hydrogen) atoms. The van der Waals surface area contributed by atoms with Gasteiger partial charge < -0.3 is 5.32 Å². The monoisotopic (exact) mass is 183 g/mol. The van der Waals surface area contributed by atoms with Crippen molar-refractivity contribution in [1.82, 2.24) is 5.32 Å². The molecule has 0 bridgehead atoms. The Labute approximate surface area is 76.1 Å². The molecule has 0 fully saturated rings. The minimum Gasteiger partial charge on any atom is -0.316 e. The molecule has 0 radical (unpaired) electrons. The first kappa shape index (κ1) is 9.86. The van der Waals surface area contributed by atoms with E-state index in [1.54, 1.807) is 19.2 Å². The number of nitrogens with one attached hydrogen (secondary N) is 1. The standard InChI is InChI=1S/C10H11F2N/c1-13-4-2-3-8-5-9(11)7-10(12)6-8/h2-3,5-7,13H,4H2,1H3. The van der Waals surface area contributed by atoms with Crippen LogP contribution in [-0.2, 0) is 0 Å². The molecule has 1 aromatic rings. The summed E-state index contributed by atoms with van der Waals surface area (Å²) in [5.74, 6) is -1.10. The number of likely N-dealkylation sites (N-methyl/N-ethyl adjacent to an activating group) is 1. The van der Waals surface area contributed by atoms with Gasteiger partial charge in [0.1, 0.15) is 11.6 Å². The summed E-state index contributed by atoms with van der Waals surface area (Å²) < 4.78 is 25.3. The van der Waals surface area contributed by atoms with Crippen molar-refractivity contribution in [3.05, 3.63) is 41.5 Å². The Morgan fingerprint density at radius 1 is 1.23 bits per heavy atom. The first-order valence-corrected chi connectivity index (χ1v) is 3.99. The summed E-state index contributed by atoms with van der Waals surface area (Å²) in [6, 6.07) is 3.43. The van der Waals surface area contributed by atoms with Crippen molar-refractivity contribution >= 4 is 6.08 Å². The van der Waals surface area contributed by atoms with Crippen LogP contribution in [0.25, 0.3) is 6.08 Å². The summed E-state index contributed by atoms with van der Waals surface area (Å²) in [6.07, 6.45) is 3.47. The Bertz CT molecular complexity index is 288. The molecular weight excluding hydrogens is 172 g/mol. The van der Waals surface area contributed by atoms with Gasteiger partial charge in [0.05, 0.1) is 0 Å². The Hall–Kier alpha value is -1.22. The van der Waals surface area contributed by atoms with Crippen molar-refractivity contribution in [3.8, 4) is 0 Å². The third-order valence-electron chi connectivity index (χ3n) is 1.52. The lowest BCUT2D eigenvalue weighted by Crippen LogP contribution is -2.03. The van der Waals surface area contributed by atoms with Gasteiger partial charge in [-0.05, 0) is 24.7 Å². The van der Waals surface area contributed by atoms with Gasteiger partial charge in [0, 0.05) is 12.6 Å². The summed E-state index contributed by atoms with van der Waals surface area (Å²) in [5, 5.41) is 2.89. The Balaban J connectivity index is 2.77. The molecule has 1 aromatic carbocycles. The van der Waals surface area contributed by atoms with E-state index in [9.17, 15) is 8.78 Å². The molecule has 3 heteroatoms. The van der Waals surface area contributed by atoms with Crippen molar-refractivity contribution < 1.29 is 8.78 Å². The topological polar surface area (TPSA) is 12.0 Å². The summed E-state index contributed by atoms with van der Waals surface area (Å²) in [5.41, 5.74) is 0.535. The highest BCUT2D eigenvalue weighted by Gasteiger charge is 1.96. The zero-order chi connectivity index (χ0) is 9.68. The molecule has 0 aromatic heterocycles. The second-order valence-electron chi connectivity index (χ2n) is 2.66. The molecule has 0 spiro atoms. The molecule has 70 valence electrons. The fourth-order valence-electron chi connectivity index (χ4n) is 0.984. The summed E-state index contributed by atoms with van der Waals surface area (Å²) in [4.78, 5) is 0. The van der Waals surface area contributed by atoms with Gasteiger partial charge in [-0.3, -0.25) is 0 Å². The smallest absolute Gasteiger partial charge is 0.126 e. The van der Waals surface area contributed by atoms with Gasteiger partial charge in [-0.25, -0.2) is 8.78 Å². The average Bonchev–Trinajstić information content (AvgIpc) is 2.03. The van der Waals surface area contributed by atoms with Crippen LogP contribution in [0.3, 0.4) is 0 Å². The van der Waals surface area contributed by atoms with Gasteiger partial charge in [-0.2, -0.15) is 0 Å². The summed E-state index contributed by atoms with van der Waals surface area (Å²) in [7, 11) is 1.80. The molecule has 0 saturated heterocycles. The van der Waals surface area contributed by atoms with Crippen LogP contribution in [-0.4, -0.2) is 13.6 Å². The first-order valence-electron chi connectivity index (χ1n) is 3.99. The predicted octanol–water partition coefficient (Wildman–Crippen LogP) is 2.20. The van der Waals surface area contributed by atoms with E-state index in [0.717, 1.165) is 6.07 Å². The Morgan fingerprint density at radius 3 is 2.38 bits per heavy atom. The highest BCUT2D eigenvalue weighted by atomic mass is 19.1. The van der Waals surface area contributed by atoms with Crippen LogP contribution < -0.4 is 5.32 Å². The van der Waals surface area contributed by atoms with Crippen LogP contribution in [0.2, 0.25) is 0 Å². The van der Waals surface area contributed by atoms with Crippen LogP contribution in [0.4, 0.5) is 8.78 Å². The average molecular weight is 183 g/mol. The van der Waals surface area contributed by atoms with E-state index in [4.69, 9.17) is 0 Å². The van der Waals surface area contributed by atoms with E-state index < -0.39 is 11.6 Å². The SMILES string of the molecule is CNCC=Cc1cc(F)cc(F)c1. The normalized spacial score (nSPS) is 11.0. The van der Waals surface area contributed by atoms with Crippen LogP contribution in [0.1, 0.15) is 5.56 Å². The number of halogens is 2. The molecule has 1 nitrogen and oxygen atoms in total. The molecule has 0 amide bonds. The molecule has 0 saturated carbocycles. The van der Waals surface area contributed by atoms with E-state index >= 15 is 0 Å². The number of hydrogen-bond donors (Lipinski definition) is 1. The van der Waals surface area contributed by atoms with Crippen LogP contribution in [0.15, 0.2) is 24.3 Å². The van der Waals surface area contributed by atoms with E-state index in [0.29, 0.717) is 12.1 Å². The fourth-order valence-corrected chi connectivity index (χ4v) is 0.984. The van der Waals surface area contributed by atoms with E-state index in [-0.39, 0.29) is 0 Å². The largest absolute Gasteiger partial charge is 0.316 e. The number of benzene rings is 1. The molecule has 0 aliphatic rings.